The molecule has 0 radical (unpaired) electrons. The minimum atomic E-state index is -4.49. The molecule has 0 bridgehead atoms. The number of nitrogens with two attached hydrogens (primary N) is 1. The van der Waals surface area contributed by atoms with Crippen LogP contribution in [0.3, 0.4) is 0 Å². The first-order valence-electron chi connectivity index (χ1n) is 6.03. The molecule has 112 valence electrons. The topological polar surface area (TPSA) is 48.1 Å². The zero-order valence-electron chi connectivity index (χ0n) is 10.8. The first kappa shape index (κ1) is 15.8. The van der Waals surface area contributed by atoms with E-state index in [0.717, 1.165) is 10.5 Å². The molecule has 3 nitrogen and oxygen atoms in total. The van der Waals surface area contributed by atoms with E-state index in [4.69, 9.17) is 10.5 Å². The van der Waals surface area contributed by atoms with Gasteiger partial charge in [0.15, 0.2) is 0 Å². The standard InChI is InChI=1S/C14H12BrF3N2O/c15-10-2-3-11(20-7-10)8-21-13-4-1-9(6-19)5-12(13)14(16,17)18/h1-5,7H,6,8,19H2. The summed E-state index contributed by atoms with van der Waals surface area (Å²) < 4.78 is 45.0. The van der Waals surface area contributed by atoms with Crippen molar-refractivity contribution >= 4 is 15.9 Å². The van der Waals surface area contributed by atoms with Gasteiger partial charge in [-0.3, -0.25) is 4.98 Å². The summed E-state index contributed by atoms with van der Waals surface area (Å²) in [5, 5.41) is 0. The smallest absolute Gasteiger partial charge is 0.419 e. The largest absolute Gasteiger partial charge is 0.487 e. The van der Waals surface area contributed by atoms with Crippen molar-refractivity contribution < 1.29 is 17.9 Å². The number of rotatable bonds is 4. The molecule has 0 amide bonds. The third-order valence-corrected chi connectivity index (χ3v) is 3.22. The van der Waals surface area contributed by atoms with Crippen LogP contribution in [0.15, 0.2) is 41.0 Å². The molecule has 0 unspecified atom stereocenters. The van der Waals surface area contributed by atoms with Crippen LogP contribution in [0, 0.1) is 0 Å². The molecule has 21 heavy (non-hydrogen) atoms. The molecule has 2 N–H and O–H groups in total. The Morgan fingerprint density at radius 1 is 1.19 bits per heavy atom. The summed E-state index contributed by atoms with van der Waals surface area (Å²) in [6.45, 7) is -0.00401. The Hall–Kier alpha value is -1.60. The summed E-state index contributed by atoms with van der Waals surface area (Å²) in [6.07, 6.45) is -2.94. The van der Waals surface area contributed by atoms with Gasteiger partial charge in [0, 0.05) is 17.2 Å². The lowest BCUT2D eigenvalue weighted by Gasteiger charge is -2.15. The van der Waals surface area contributed by atoms with Gasteiger partial charge in [0.25, 0.3) is 0 Å². The van der Waals surface area contributed by atoms with Crippen LogP contribution in [0.4, 0.5) is 13.2 Å². The normalized spacial score (nSPS) is 11.5. The van der Waals surface area contributed by atoms with Gasteiger partial charge in [-0.1, -0.05) is 6.07 Å². The zero-order valence-corrected chi connectivity index (χ0v) is 12.4. The van der Waals surface area contributed by atoms with Crippen molar-refractivity contribution in [1.29, 1.82) is 0 Å². The van der Waals surface area contributed by atoms with E-state index >= 15 is 0 Å². The highest BCUT2D eigenvalue weighted by molar-refractivity contribution is 9.10. The molecule has 7 heteroatoms. The van der Waals surface area contributed by atoms with Crippen LogP contribution in [0.5, 0.6) is 5.75 Å². The molecule has 0 aliphatic rings. The molecule has 0 atom stereocenters. The van der Waals surface area contributed by atoms with Gasteiger partial charge in [0.1, 0.15) is 12.4 Å². The van der Waals surface area contributed by atoms with Crippen molar-refractivity contribution in [1.82, 2.24) is 4.98 Å². The number of nitrogens with zero attached hydrogens (tertiary/aromatic N) is 1. The second-order valence-electron chi connectivity index (χ2n) is 4.29. The van der Waals surface area contributed by atoms with Crippen LogP contribution < -0.4 is 10.5 Å². The summed E-state index contributed by atoms with van der Waals surface area (Å²) in [5.74, 6) is -0.232. The number of alkyl halides is 3. The summed E-state index contributed by atoms with van der Waals surface area (Å²) in [5.41, 5.74) is 5.47. The fourth-order valence-corrected chi connectivity index (χ4v) is 1.93. The van der Waals surface area contributed by atoms with Gasteiger partial charge < -0.3 is 10.5 Å². The fourth-order valence-electron chi connectivity index (χ4n) is 1.70. The van der Waals surface area contributed by atoms with Crippen LogP contribution in [0.2, 0.25) is 0 Å². The summed E-state index contributed by atoms with van der Waals surface area (Å²) >= 11 is 3.23. The quantitative estimate of drug-likeness (QED) is 0.899. The van der Waals surface area contributed by atoms with E-state index in [2.05, 4.69) is 20.9 Å². The van der Waals surface area contributed by atoms with Gasteiger partial charge in [-0.05, 0) is 45.8 Å². The van der Waals surface area contributed by atoms with E-state index in [1.54, 1.807) is 18.3 Å². The first-order valence-corrected chi connectivity index (χ1v) is 6.83. The maximum absolute atomic E-state index is 13.0. The van der Waals surface area contributed by atoms with Crippen LogP contribution in [0.25, 0.3) is 0 Å². The predicted molar refractivity (Wildman–Crippen MR) is 75.6 cm³/mol. The number of benzene rings is 1. The van der Waals surface area contributed by atoms with Crippen LogP contribution in [0.1, 0.15) is 16.8 Å². The molecule has 0 fully saturated rings. The SMILES string of the molecule is NCc1ccc(OCc2ccc(Br)cn2)c(C(F)(F)F)c1. The Bertz CT molecular complexity index is 615. The molecule has 0 saturated heterocycles. The molecule has 0 aliphatic carbocycles. The molecule has 1 aromatic carbocycles. The highest BCUT2D eigenvalue weighted by atomic mass is 79.9. The lowest BCUT2D eigenvalue weighted by Crippen LogP contribution is -2.10. The zero-order chi connectivity index (χ0) is 15.5. The van der Waals surface area contributed by atoms with E-state index in [1.165, 1.54) is 12.1 Å². The highest BCUT2D eigenvalue weighted by Crippen LogP contribution is 2.37. The number of hydrogen-bond acceptors (Lipinski definition) is 3. The van der Waals surface area contributed by atoms with Gasteiger partial charge in [-0.25, -0.2) is 0 Å². The van der Waals surface area contributed by atoms with E-state index in [9.17, 15) is 13.2 Å². The molecular formula is C14H12BrF3N2O. The molecule has 2 rings (SSSR count). The third-order valence-electron chi connectivity index (χ3n) is 2.75. The van der Waals surface area contributed by atoms with Crippen molar-refractivity contribution in [3.05, 3.63) is 57.8 Å². The summed E-state index contributed by atoms with van der Waals surface area (Å²) in [6, 6.07) is 7.22. The van der Waals surface area contributed by atoms with Crippen molar-refractivity contribution in [3.8, 4) is 5.75 Å². The molecule has 0 aliphatic heterocycles. The molecule has 1 heterocycles. The molecule has 0 saturated carbocycles. The number of aromatic nitrogens is 1. The van der Waals surface area contributed by atoms with Gasteiger partial charge in [-0.15, -0.1) is 0 Å². The minimum absolute atomic E-state index is 0.0393. The van der Waals surface area contributed by atoms with Crippen LogP contribution >= 0.6 is 15.9 Å². The summed E-state index contributed by atoms with van der Waals surface area (Å²) in [7, 11) is 0. The number of halogens is 4. The number of ether oxygens (including phenoxy) is 1. The van der Waals surface area contributed by atoms with Gasteiger partial charge in [-0.2, -0.15) is 13.2 Å². The number of hydrogen-bond donors (Lipinski definition) is 1. The molecule has 2 aromatic rings. The average molecular weight is 361 g/mol. The van der Waals surface area contributed by atoms with Crippen molar-refractivity contribution in [2.45, 2.75) is 19.3 Å². The average Bonchev–Trinajstić information content (AvgIpc) is 2.45. The second-order valence-corrected chi connectivity index (χ2v) is 5.20. The van der Waals surface area contributed by atoms with E-state index in [-0.39, 0.29) is 18.9 Å². The van der Waals surface area contributed by atoms with Crippen molar-refractivity contribution in [3.63, 3.8) is 0 Å². The molecule has 1 aromatic heterocycles. The Balaban J connectivity index is 2.21. The summed E-state index contributed by atoms with van der Waals surface area (Å²) in [4.78, 5) is 4.05. The van der Waals surface area contributed by atoms with E-state index in [1.807, 2.05) is 0 Å². The monoisotopic (exact) mass is 360 g/mol. The Kier molecular flexibility index (Phi) is 4.84. The minimum Gasteiger partial charge on any atom is -0.487 e. The molecular weight excluding hydrogens is 349 g/mol. The lowest BCUT2D eigenvalue weighted by molar-refractivity contribution is -0.139. The van der Waals surface area contributed by atoms with Crippen LogP contribution in [-0.4, -0.2) is 4.98 Å². The van der Waals surface area contributed by atoms with Gasteiger partial charge >= 0.3 is 6.18 Å². The predicted octanol–water partition coefficient (Wildman–Crippen LogP) is 3.90. The Morgan fingerprint density at radius 2 is 1.95 bits per heavy atom. The van der Waals surface area contributed by atoms with Crippen molar-refractivity contribution in [2.75, 3.05) is 0 Å². The second kappa shape index (κ2) is 6.44. The first-order chi connectivity index (χ1) is 9.90. The van der Waals surface area contributed by atoms with E-state index in [0.29, 0.717) is 11.3 Å². The Morgan fingerprint density at radius 3 is 2.52 bits per heavy atom. The lowest BCUT2D eigenvalue weighted by atomic mass is 10.1. The third kappa shape index (κ3) is 4.18. The van der Waals surface area contributed by atoms with Gasteiger partial charge in [0.05, 0.1) is 11.3 Å². The maximum atomic E-state index is 13.0. The van der Waals surface area contributed by atoms with Crippen LogP contribution in [-0.2, 0) is 19.3 Å². The number of pyridine rings is 1. The van der Waals surface area contributed by atoms with E-state index < -0.39 is 11.7 Å². The molecule has 0 spiro atoms. The Labute approximate surface area is 128 Å². The fraction of sp³-hybridized carbons (Fsp3) is 0.214. The van der Waals surface area contributed by atoms with Crippen molar-refractivity contribution in [2.24, 2.45) is 5.73 Å². The van der Waals surface area contributed by atoms with Gasteiger partial charge in [0.2, 0.25) is 0 Å². The maximum Gasteiger partial charge on any atom is 0.419 e. The highest BCUT2D eigenvalue weighted by Gasteiger charge is 2.34.